The zero-order valence-electron chi connectivity index (χ0n) is 21.9. The molecule has 0 aliphatic rings. The summed E-state index contributed by atoms with van der Waals surface area (Å²) in [4.78, 5) is 0. The molecule has 6 aromatic carbocycles. The molecule has 195 valence electrons. The summed E-state index contributed by atoms with van der Waals surface area (Å²) >= 11 is 0. The van der Waals surface area contributed by atoms with Gasteiger partial charge in [0.1, 0.15) is 0 Å². The van der Waals surface area contributed by atoms with Crippen molar-refractivity contribution in [3.63, 3.8) is 0 Å². The Kier molecular flexibility index (Phi) is 13.3. The first-order chi connectivity index (χ1) is 18.9. The maximum absolute atomic E-state index is 3.39. The van der Waals surface area contributed by atoms with Crippen LogP contribution < -0.4 is 36.5 Å². The van der Waals surface area contributed by atoms with Crippen LogP contribution in [0, 0.1) is 12.1 Å². The molecule has 0 saturated carbocycles. The van der Waals surface area contributed by atoms with E-state index in [1.54, 1.807) is 0 Å². The molecule has 0 spiro atoms. The molecule has 0 heterocycles. The van der Waals surface area contributed by atoms with Crippen LogP contribution in [-0.4, -0.2) is 24.4 Å². The first-order valence-electron chi connectivity index (χ1n) is 12.6. The molecule has 6 rings (SSSR count). The fourth-order valence-electron chi connectivity index (χ4n) is 4.21. The minimum atomic E-state index is -0.502. The van der Waals surface area contributed by atoms with Crippen molar-refractivity contribution in [2.45, 2.75) is 0 Å². The van der Waals surface area contributed by atoms with Crippen molar-refractivity contribution < 1.29 is 4.70 Å². The van der Waals surface area contributed by atoms with E-state index >= 15 is 0 Å². The second kappa shape index (κ2) is 16.9. The van der Waals surface area contributed by atoms with Gasteiger partial charge in [0.05, 0.1) is 0 Å². The van der Waals surface area contributed by atoms with E-state index in [0.717, 1.165) is 0 Å². The minimum absolute atomic E-state index is 0. The minimum Gasteiger partial charge on any atom is -1.00 e. The van der Waals surface area contributed by atoms with E-state index in [1.807, 2.05) is 24.3 Å². The van der Waals surface area contributed by atoms with Gasteiger partial charge in [-0.1, -0.05) is 170 Å². The van der Waals surface area contributed by atoms with Crippen LogP contribution in [-0.2, 0) is 0 Å². The fraction of sp³-hybridized carbons (Fsp3) is 0. The zero-order chi connectivity index (χ0) is 25.8. The summed E-state index contributed by atoms with van der Waals surface area (Å²) in [5.41, 5.74) is 0. The smallest absolute Gasteiger partial charge is 0 e. The molecule has 0 unspecified atom stereocenters. The van der Waals surface area contributed by atoms with E-state index in [9.17, 15) is 0 Å². The van der Waals surface area contributed by atoms with Crippen LogP contribution in [0.25, 0.3) is 0 Å². The van der Waals surface area contributed by atoms with Gasteiger partial charge in [-0.15, -0.1) is 0 Å². The van der Waals surface area contributed by atoms with E-state index < -0.39 is 15.8 Å². The van der Waals surface area contributed by atoms with Gasteiger partial charge in [-0.3, -0.25) is 0 Å². The number of benzene rings is 6. The third kappa shape index (κ3) is 8.46. The standard InChI is InChI=1S/2C18H14P.FH.Sb/c2*1-4-10-16(11-5-1)19(17-12-6-2-7-13-17)18-14-8-3-9-15-18;;/h2*1-14H;1H;/p-1. The SMILES string of the molecule is [F-].[Sb].[c]1ccccc1P(c1ccccc1)c1ccccc1.[c]1ccccc1P(c1ccccc1)c1ccccc1. The van der Waals surface area contributed by atoms with Crippen molar-refractivity contribution in [3.8, 4) is 0 Å². The molecule has 0 aliphatic heterocycles. The van der Waals surface area contributed by atoms with Crippen LogP contribution in [0.15, 0.2) is 170 Å². The van der Waals surface area contributed by atoms with Gasteiger partial charge >= 0.3 is 0 Å². The zero-order valence-corrected chi connectivity index (χ0v) is 26.2. The molecule has 4 heteroatoms. The van der Waals surface area contributed by atoms with Crippen LogP contribution in [0.4, 0.5) is 0 Å². The van der Waals surface area contributed by atoms with Crippen LogP contribution in [0.2, 0.25) is 0 Å². The summed E-state index contributed by atoms with van der Waals surface area (Å²) in [5.74, 6) is 0. The fourth-order valence-corrected chi connectivity index (χ4v) is 8.68. The summed E-state index contributed by atoms with van der Waals surface area (Å²) < 4.78 is 0. The molecule has 0 N–H and O–H groups in total. The topological polar surface area (TPSA) is 0 Å². The van der Waals surface area contributed by atoms with E-state index in [4.69, 9.17) is 0 Å². The molecule has 0 fully saturated rings. The van der Waals surface area contributed by atoms with Crippen molar-refractivity contribution in [1.29, 1.82) is 0 Å². The Morgan fingerprint density at radius 1 is 0.325 bits per heavy atom. The van der Waals surface area contributed by atoms with E-state index in [-0.39, 0.29) is 29.1 Å². The van der Waals surface area contributed by atoms with Crippen molar-refractivity contribution in [1.82, 2.24) is 0 Å². The molecule has 0 atom stereocenters. The monoisotopic (exact) mass is 662 g/mol. The van der Waals surface area contributed by atoms with Crippen LogP contribution in [0.1, 0.15) is 0 Å². The molecule has 0 nitrogen and oxygen atoms in total. The van der Waals surface area contributed by atoms with Gasteiger partial charge in [-0.05, 0) is 59.8 Å². The Labute approximate surface area is 257 Å². The predicted octanol–water partition coefficient (Wildman–Crippen LogP) is 3.11. The summed E-state index contributed by atoms with van der Waals surface area (Å²) in [6, 6.07) is 66.1. The number of halogens is 1. The average molecular weight is 663 g/mol. The van der Waals surface area contributed by atoms with Gasteiger partial charge in [0.15, 0.2) is 0 Å². The van der Waals surface area contributed by atoms with Crippen molar-refractivity contribution >= 4 is 72.1 Å². The summed E-state index contributed by atoms with van der Waals surface area (Å²) in [7, 11) is -1.00. The molecular weight excluding hydrogens is 635 g/mol. The Hall–Kier alpha value is -3.07. The van der Waals surface area contributed by atoms with Crippen molar-refractivity contribution in [2.75, 3.05) is 0 Å². The van der Waals surface area contributed by atoms with Crippen LogP contribution in [0.3, 0.4) is 0 Å². The second-order valence-corrected chi connectivity index (χ2v) is 12.9. The molecule has 0 aromatic heterocycles. The van der Waals surface area contributed by atoms with Gasteiger partial charge < -0.3 is 4.70 Å². The molecule has 40 heavy (non-hydrogen) atoms. The first-order valence-corrected chi connectivity index (χ1v) is 15.3. The van der Waals surface area contributed by atoms with Crippen LogP contribution >= 0.6 is 15.8 Å². The number of hydrogen-bond acceptors (Lipinski definition) is 0. The number of hydrogen-bond donors (Lipinski definition) is 0. The van der Waals surface area contributed by atoms with Crippen LogP contribution in [0.5, 0.6) is 0 Å². The largest absolute Gasteiger partial charge is 1.00 e. The maximum Gasteiger partial charge on any atom is 0 e. The third-order valence-corrected chi connectivity index (χ3v) is 10.7. The molecular formula is C36H28FP2Sb-. The maximum atomic E-state index is 3.39. The average Bonchev–Trinajstić information content (AvgIpc) is 3.01. The summed E-state index contributed by atoms with van der Waals surface area (Å²) in [6.45, 7) is 0. The Bertz CT molecular complexity index is 1180. The van der Waals surface area contributed by atoms with Gasteiger partial charge in [-0.2, -0.15) is 0 Å². The second-order valence-electron chi connectivity index (χ2n) is 8.51. The predicted molar refractivity (Wildman–Crippen MR) is 174 cm³/mol. The van der Waals surface area contributed by atoms with Gasteiger partial charge in [0.2, 0.25) is 0 Å². The first kappa shape index (κ1) is 31.5. The third-order valence-electron chi connectivity index (χ3n) is 5.92. The van der Waals surface area contributed by atoms with Gasteiger partial charge in [0, 0.05) is 24.4 Å². The van der Waals surface area contributed by atoms with E-state index in [2.05, 4.69) is 158 Å². The molecule has 0 aliphatic carbocycles. The molecule has 0 bridgehead atoms. The molecule has 5 radical (unpaired) electrons. The van der Waals surface area contributed by atoms with E-state index in [1.165, 1.54) is 31.8 Å². The Balaban J connectivity index is 0.000000210. The van der Waals surface area contributed by atoms with E-state index in [0.29, 0.717) is 0 Å². The molecule has 6 aromatic rings. The van der Waals surface area contributed by atoms with Gasteiger partial charge in [-0.25, -0.2) is 0 Å². The summed E-state index contributed by atoms with van der Waals surface area (Å²) in [6.07, 6.45) is 0. The van der Waals surface area contributed by atoms with Gasteiger partial charge in [0.25, 0.3) is 0 Å². The normalized spacial score (nSPS) is 10.1. The molecule has 0 saturated heterocycles. The number of rotatable bonds is 6. The summed E-state index contributed by atoms with van der Waals surface area (Å²) in [5, 5.41) is 8.01. The Morgan fingerprint density at radius 2 is 0.575 bits per heavy atom. The Morgan fingerprint density at radius 3 is 0.800 bits per heavy atom. The molecule has 0 amide bonds. The van der Waals surface area contributed by atoms with Crippen molar-refractivity contribution in [3.05, 3.63) is 182 Å². The van der Waals surface area contributed by atoms with Crippen molar-refractivity contribution in [2.24, 2.45) is 0 Å². The quantitative estimate of drug-likeness (QED) is 0.190.